The fraction of sp³-hybridized carbons (Fsp3) is 0.467. The molecule has 0 aliphatic heterocycles. The van der Waals surface area contributed by atoms with Crippen LogP contribution in [0.2, 0.25) is 0 Å². The molecule has 0 aliphatic carbocycles. The van der Waals surface area contributed by atoms with E-state index in [4.69, 9.17) is 5.73 Å². The standard InChI is InChI=1S/C15H24N4O2.ClH/c1-10(2)17-14(21)18-12-7-5-6-11(8-12)13(20)19-15(3,4)9-16;/h5-8,10H,9,16H2,1-4H3,(H,19,20)(H2,17,18,21);1H. The number of amides is 3. The molecule has 1 aromatic carbocycles. The molecule has 0 aromatic heterocycles. The number of urea groups is 1. The van der Waals surface area contributed by atoms with Gasteiger partial charge in [-0.05, 0) is 45.9 Å². The van der Waals surface area contributed by atoms with Crippen LogP contribution in [-0.2, 0) is 0 Å². The second kappa shape index (κ2) is 8.60. The van der Waals surface area contributed by atoms with Crippen LogP contribution in [0.5, 0.6) is 0 Å². The molecule has 0 saturated heterocycles. The zero-order chi connectivity index (χ0) is 16.0. The predicted molar refractivity (Wildman–Crippen MR) is 91.6 cm³/mol. The highest BCUT2D eigenvalue weighted by Gasteiger charge is 2.19. The summed E-state index contributed by atoms with van der Waals surface area (Å²) in [5, 5.41) is 8.25. The van der Waals surface area contributed by atoms with E-state index in [9.17, 15) is 9.59 Å². The van der Waals surface area contributed by atoms with Crippen molar-refractivity contribution in [3.8, 4) is 0 Å². The zero-order valence-electron chi connectivity index (χ0n) is 13.4. The third-order valence-electron chi connectivity index (χ3n) is 2.76. The Balaban J connectivity index is 0.00000441. The maximum atomic E-state index is 12.1. The van der Waals surface area contributed by atoms with Crippen LogP contribution < -0.4 is 21.7 Å². The van der Waals surface area contributed by atoms with Gasteiger partial charge in [0.1, 0.15) is 0 Å². The van der Waals surface area contributed by atoms with E-state index in [1.54, 1.807) is 24.3 Å². The fourth-order valence-electron chi connectivity index (χ4n) is 1.60. The Hall–Kier alpha value is -1.79. The first-order chi connectivity index (χ1) is 9.73. The molecule has 0 saturated carbocycles. The van der Waals surface area contributed by atoms with Crippen LogP contribution >= 0.6 is 12.4 Å². The first-order valence-electron chi connectivity index (χ1n) is 6.93. The van der Waals surface area contributed by atoms with Crippen molar-refractivity contribution in [2.24, 2.45) is 5.73 Å². The molecule has 0 unspecified atom stereocenters. The Morgan fingerprint density at radius 2 is 1.91 bits per heavy atom. The number of benzene rings is 1. The van der Waals surface area contributed by atoms with Crippen molar-refractivity contribution in [2.75, 3.05) is 11.9 Å². The smallest absolute Gasteiger partial charge is 0.319 e. The van der Waals surface area contributed by atoms with Gasteiger partial charge in [0, 0.05) is 29.4 Å². The lowest BCUT2D eigenvalue weighted by Crippen LogP contribution is -2.48. The summed E-state index contributed by atoms with van der Waals surface area (Å²) in [4.78, 5) is 23.8. The summed E-state index contributed by atoms with van der Waals surface area (Å²) in [5.74, 6) is -0.224. The van der Waals surface area contributed by atoms with Crippen LogP contribution in [0.15, 0.2) is 24.3 Å². The molecular weight excluding hydrogens is 304 g/mol. The van der Waals surface area contributed by atoms with Gasteiger partial charge >= 0.3 is 6.03 Å². The summed E-state index contributed by atoms with van der Waals surface area (Å²) in [6, 6.07) is 6.50. The minimum atomic E-state index is -0.477. The van der Waals surface area contributed by atoms with Gasteiger partial charge in [-0.3, -0.25) is 4.79 Å². The number of rotatable bonds is 5. The lowest BCUT2D eigenvalue weighted by Gasteiger charge is -2.24. The van der Waals surface area contributed by atoms with E-state index < -0.39 is 5.54 Å². The Labute approximate surface area is 137 Å². The van der Waals surface area contributed by atoms with E-state index in [-0.39, 0.29) is 30.4 Å². The van der Waals surface area contributed by atoms with Crippen LogP contribution in [0, 0.1) is 0 Å². The average Bonchev–Trinajstić information content (AvgIpc) is 2.37. The van der Waals surface area contributed by atoms with Crippen LogP contribution in [-0.4, -0.2) is 30.1 Å². The van der Waals surface area contributed by atoms with Crippen molar-refractivity contribution < 1.29 is 9.59 Å². The van der Waals surface area contributed by atoms with Crippen LogP contribution in [0.1, 0.15) is 38.1 Å². The molecule has 0 spiro atoms. The number of anilines is 1. The Bertz CT molecular complexity index is 518. The van der Waals surface area contributed by atoms with Gasteiger partial charge in [0.15, 0.2) is 0 Å². The van der Waals surface area contributed by atoms with E-state index in [2.05, 4.69) is 16.0 Å². The van der Waals surface area contributed by atoms with Gasteiger partial charge in [-0.25, -0.2) is 4.79 Å². The lowest BCUT2D eigenvalue weighted by atomic mass is 10.1. The SMILES string of the molecule is CC(C)NC(=O)Nc1cccc(C(=O)NC(C)(C)CN)c1.Cl. The number of nitrogens with two attached hydrogens (primary N) is 1. The highest BCUT2D eigenvalue weighted by Crippen LogP contribution is 2.12. The first kappa shape index (κ1) is 20.2. The van der Waals surface area contributed by atoms with Gasteiger partial charge in [-0.15, -0.1) is 12.4 Å². The van der Waals surface area contributed by atoms with Gasteiger partial charge in [0.2, 0.25) is 0 Å². The van der Waals surface area contributed by atoms with Crippen LogP contribution in [0.25, 0.3) is 0 Å². The van der Waals surface area contributed by atoms with E-state index in [1.165, 1.54) is 0 Å². The molecule has 0 fully saturated rings. The number of carbonyl (C=O) groups excluding carboxylic acids is 2. The van der Waals surface area contributed by atoms with Gasteiger partial charge in [0.05, 0.1) is 0 Å². The molecule has 1 rings (SSSR count). The number of halogens is 1. The van der Waals surface area contributed by atoms with Crippen molar-refractivity contribution >= 4 is 30.0 Å². The highest BCUT2D eigenvalue weighted by atomic mass is 35.5. The topological polar surface area (TPSA) is 96.2 Å². The second-order valence-electron chi connectivity index (χ2n) is 5.88. The molecule has 0 radical (unpaired) electrons. The number of carbonyl (C=O) groups is 2. The van der Waals surface area contributed by atoms with Crippen molar-refractivity contribution in [3.05, 3.63) is 29.8 Å². The first-order valence-corrected chi connectivity index (χ1v) is 6.93. The molecule has 3 amide bonds. The van der Waals surface area contributed by atoms with Crippen molar-refractivity contribution in [1.29, 1.82) is 0 Å². The largest absolute Gasteiger partial charge is 0.346 e. The third kappa shape index (κ3) is 6.78. The monoisotopic (exact) mass is 328 g/mol. The van der Waals surface area contributed by atoms with Crippen molar-refractivity contribution in [3.63, 3.8) is 0 Å². The maximum absolute atomic E-state index is 12.1. The highest BCUT2D eigenvalue weighted by molar-refractivity contribution is 5.97. The molecule has 5 N–H and O–H groups in total. The average molecular weight is 329 g/mol. The Morgan fingerprint density at radius 1 is 1.27 bits per heavy atom. The van der Waals surface area contributed by atoms with E-state index in [1.807, 2.05) is 27.7 Å². The minimum absolute atomic E-state index is 0. The summed E-state index contributed by atoms with van der Waals surface area (Å²) < 4.78 is 0. The van der Waals surface area contributed by atoms with Gasteiger partial charge in [-0.1, -0.05) is 6.07 Å². The molecule has 6 nitrogen and oxygen atoms in total. The zero-order valence-corrected chi connectivity index (χ0v) is 14.2. The quantitative estimate of drug-likeness (QED) is 0.666. The van der Waals surface area contributed by atoms with Gasteiger partial charge in [0.25, 0.3) is 5.91 Å². The summed E-state index contributed by atoms with van der Waals surface area (Å²) in [7, 11) is 0. The van der Waals surface area contributed by atoms with E-state index in [0.717, 1.165) is 0 Å². The molecule has 1 aromatic rings. The third-order valence-corrected chi connectivity index (χ3v) is 2.76. The fourth-order valence-corrected chi connectivity index (χ4v) is 1.60. The van der Waals surface area contributed by atoms with Crippen LogP contribution in [0.4, 0.5) is 10.5 Å². The minimum Gasteiger partial charge on any atom is -0.346 e. The molecule has 124 valence electrons. The summed E-state index contributed by atoms with van der Waals surface area (Å²) >= 11 is 0. The van der Waals surface area contributed by atoms with Crippen LogP contribution in [0.3, 0.4) is 0 Å². The van der Waals surface area contributed by atoms with E-state index in [0.29, 0.717) is 17.8 Å². The number of hydrogen-bond donors (Lipinski definition) is 4. The van der Waals surface area contributed by atoms with Crippen molar-refractivity contribution in [2.45, 2.75) is 39.3 Å². The van der Waals surface area contributed by atoms with E-state index >= 15 is 0 Å². The number of hydrogen-bond acceptors (Lipinski definition) is 3. The molecule has 0 atom stereocenters. The normalized spacial score (nSPS) is 10.6. The summed E-state index contributed by atoms with van der Waals surface area (Å²) in [6.07, 6.45) is 0. The molecule has 7 heteroatoms. The molecule has 0 aliphatic rings. The Kier molecular flexibility index (Phi) is 7.90. The molecule has 0 bridgehead atoms. The second-order valence-corrected chi connectivity index (χ2v) is 5.88. The van der Waals surface area contributed by atoms with Crippen molar-refractivity contribution in [1.82, 2.24) is 10.6 Å². The maximum Gasteiger partial charge on any atom is 0.319 e. The van der Waals surface area contributed by atoms with Gasteiger partial charge in [-0.2, -0.15) is 0 Å². The summed E-state index contributed by atoms with van der Waals surface area (Å²) in [5.41, 5.74) is 6.15. The molecule has 22 heavy (non-hydrogen) atoms. The summed E-state index contributed by atoms with van der Waals surface area (Å²) in [6.45, 7) is 7.79. The number of nitrogens with one attached hydrogen (secondary N) is 3. The van der Waals surface area contributed by atoms with Gasteiger partial charge < -0.3 is 21.7 Å². The molecular formula is C15H25ClN4O2. The Morgan fingerprint density at radius 3 is 2.45 bits per heavy atom. The lowest BCUT2D eigenvalue weighted by molar-refractivity contribution is 0.0915. The predicted octanol–water partition coefficient (Wildman–Crippen LogP) is 2.11. The molecule has 0 heterocycles.